The molecule has 0 aromatic heterocycles. The third kappa shape index (κ3) is 7.54. The van der Waals surface area contributed by atoms with E-state index in [9.17, 15) is 0 Å². The van der Waals surface area contributed by atoms with Gasteiger partial charge in [-0.3, -0.25) is 4.79 Å². The Labute approximate surface area is 74.2 Å². The Kier molecular flexibility index (Phi) is 6.76. The first-order valence-corrected chi connectivity index (χ1v) is 4.59. The Morgan fingerprint density at radius 1 is 1.58 bits per heavy atom. The van der Waals surface area contributed by atoms with Crippen LogP contribution in [0.1, 0.15) is 39.5 Å². The highest BCUT2D eigenvalue weighted by Crippen LogP contribution is 2.08. The van der Waals surface area contributed by atoms with Gasteiger partial charge in [-0.25, -0.2) is 0 Å². The molecule has 0 saturated carbocycles. The van der Waals surface area contributed by atoms with Gasteiger partial charge in [-0.15, -0.1) is 0 Å². The summed E-state index contributed by atoms with van der Waals surface area (Å²) < 4.78 is 0. The van der Waals surface area contributed by atoms with E-state index in [4.69, 9.17) is 9.90 Å². The summed E-state index contributed by atoms with van der Waals surface area (Å²) in [7, 11) is 0. The van der Waals surface area contributed by atoms with E-state index in [-0.39, 0.29) is 0 Å². The van der Waals surface area contributed by atoms with Crippen molar-refractivity contribution in [3.8, 4) is 0 Å². The van der Waals surface area contributed by atoms with Gasteiger partial charge in [0.05, 0.1) is 0 Å². The van der Waals surface area contributed by atoms with Crippen LogP contribution in [0.15, 0.2) is 0 Å². The van der Waals surface area contributed by atoms with Crippen LogP contribution in [-0.2, 0) is 4.79 Å². The molecule has 72 valence electrons. The number of carbonyl (C=O) groups is 1. The largest absolute Gasteiger partial charge is 0.481 e. The van der Waals surface area contributed by atoms with Gasteiger partial charge in [0.15, 0.2) is 0 Å². The summed E-state index contributed by atoms with van der Waals surface area (Å²) in [6.45, 7) is 4.58. The quantitative estimate of drug-likeness (QED) is 0.633. The van der Waals surface area contributed by atoms with Crippen LogP contribution in [0.5, 0.6) is 0 Å². The van der Waals surface area contributed by atoms with Crippen LogP contribution in [0.25, 0.3) is 0 Å². The number of piperidine rings is 1. The average Bonchev–Trinajstić information content (AvgIpc) is 2.05. The minimum atomic E-state index is -0.833. The molecular formula is C9H19NO2. The van der Waals surface area contributed by atoms with Crippen molar-refractivity contribution in [2.24, 2.45) is 0 Å². The predicted molar refractivity (Wildman–Crippen MR) is 49.2 cm³/mol. The number of carboxylic acids is 1. The van der Waals surface area contributed by atoms with Crippen LogP contribution < -0.4 is 5.32 Å². The van der Waals surface area contributed by atoms with Gasteiger partial charge in [0.2, 0.25) is 0 Å². The topological polar surface area (TPSA) is 49.3 Å². The lowest BCUT2D eigenvalue weighted by Gasteiger charge is -2.21. The fourth-order valence-electron chi connectivity index (χ4n) is 1.27. The molecule has 0 spiro atoms. The van der Waals surface area contributed by atoms with Gasteiger partial charge < -0.3 is 10.4 Å². The van der Waals surface area contributed by atoms with Crippen LogP contribution in [0.3, 0.4) is 0 Å². The highest BCUT2D eigenvalue weighted by Gasteiger charge is 2.08. The molecule has 1 unspecified atom stereocenters. The van der Waals surface area contributed by atoms with Crippen LogP contribution in [0.4, 0.5) is 0 Å². The van der Waals surface area contributed by atoms with Crippen molar-refractivity contribution in [2.75, 3.05) is 6.54 Å². The first kappa shape index (κ1) is 11.4. The van der Waals surface area contributed by atoms with E-state index >= 15 is 0 Å². The summed E-state index contributed by atoms with van der Waals surface area (Å²) in [5.74, 6) is -0.833. The number of hydrogen-bond acceptors (Lipinski definition) is 2. The van der Waals surface area contributed by atoms with Crippen LogP contribution in [0, 0.1) is 0 Å². The number of hydrogen-bond donors (Lipinski definition) is 2. The second-order valence-electron chi connectivity index (χ2n) is 3.07. The zero-order valence-corrected chi connectivity index (χ0v) is 7.97. The van der Waals surface area contributed by atoms with Crippen LogP contribution >= 0.6 is 0 Å². The molecule has 0 aromatic carbocycles. The first-order chi connectivity index (χ1) is 5.66. The van der Waals surface area contributed by atoms with Gasteiger partial charge >= 0.3 is 0 Å². The molecule has 1 rings (SSSR count). The molecule has 1 saturated heterocycles. The van der Waals surface area contributed by atoms with Gasteiger partial charge in [-0.2, -0.15) is 0 Å². The molecule has 0 aromatic rings. The number of rotatable bonds is 1. The second-order valence-corrected chi connectivity index (χ2v) is 3.07. The lowest BCUT2D eigenvalue weighted by Crippen LogP contribution is -2.32. The molecule has 0 amide bonds. The zero-order valence-electron chi connectivity index (χ0n) is 7.97. The minimum absolute atomic E-state index is 0.833. The van der Waals surface area contributed by atoms with Crippen molar-refractivity contribution in [3.05, 3.63) is 0 Å². The van der Waals surface area contributed by atoms with E-state index < -0.39 is 5.97 Å². The van der Waals surface area contributed by atoms with Crippen molar-refractivity contribution in [2.45, 2.75) is 45.6 Å². The monoisotopic (exact) mass is 173 g/mol. The van der Waals surface area contributed by atoms with Crippen molar-refractivity contribution in [3.63, 3.8) is 0 Å². The normalized spacial score (nSPS) is 22.3. The smallest absolute Gasteiger partial charge is 0.300 e. The van der Waals surface area contributed by atoms with Gasteiger partial charge in [-0.1, -0.05) is 13.3 Å². The highest BCUT2D eigenvalue weighted by molar-refractivity contribution is 5.62. The maximum absolute atomic E-state index is 9.00. The third-order valence-electron chi connectivity index (χ3n) is 1.91. The minimum Gasteiger partial charge on any atom is -0.481 e. The third-order valence-corrected chi connectivity index (χ3v) is 1.91. The highest BCUT2D eigenvalue weighted by atomic mass is 16.4. The van der Waals surface area contributed by atoms with E-state index in [0.717, 1.165) is 13.0 Å². The van der Waals surface area contributed by atoms with Crippen molar-refractivity contribution < 1.29 is 9.90 Å². The SMILES string of the molecule is CC(=O)O.CCC1CCCCN1. The fourth-order valence-corrected chi connectivity index (χ4v) is 1.27. The molecular weight excluding hydrogens is 154 g/mol. The van der Waals surface area contributed by atoms with Crippen molar-refractivity contribution in [1.82, 2.24) is 5.32 Å². The first-order valence-electron chi connectivity index (χ1n) is 4.59. The average molecular weight is 173 g/mol. The van der Waals surface area contributed by atoms with Crippen LogP contribution in [0.2, 0.25) is 0 Å². The molecule has 2 N–H and O–H groups in total. The van der Waals surface area contributed by atoms with Crippen molar-refractivity contribution >= 4 is 5.97 Å². The van der Waals surface area contributed by atoms with Gasteiger partial charge in [0.25, 0.3) is 5.97 Å². The molecule has 0 radical (unpaired) electrons. The molecule has 1 fully saturated rings. The standard InChI is InChI=1S/C7H15N.C2H4O2/c1-2-7-5-3-4-6-8-7;1-2(3)4/h7-8H,2-6H2,1H3;1H3,(H,3,4). The van der Waals surface area contributed by atoms with Gasteiger partial charge in [0, 0.05) is 13.0 Å². The summed E-state index contributed by atoms with van der Waals surface area (Å²) >= 11 is 0. The summed E-state index contributed by atoms with van der Waals surface area (Å²) in [6.07, 6.45) is 5.53. The molecule has 1 aliphatic rings. The molecule has 3 nitrogen and oxygen atoms in total. The molecule has 1 heterocycles. The second kappa shape index (κ2) is 7.10. The van der Waals surface area contributed by atoms with Crippen LogP contribution in [-0.4, -0.2) is 23.7 Å². The van der Waals surface area contributed by atoms with E-state index in [0.29, 0.717) is 0 Å². The summed E-state index contributed by atoms with van der Waals surface area (Å²) in [5, 5.41) is 10.9. The Hall–Kier alpha value is -0.570. The predicted octanol–water partition coefficient (Wildman–Crippen LogP) is 1.63. The fraction of sp³-hybridized carbons (Fsp3) is 0.889. The Morgan fingerprint density at radius 3 is 2.42 bits per heavy atom. The molecule has 1 atom stereocenters. The number of aliphatic carboxylic acids is 1. The molecule has 0 bridgehead atoms. The van der Waals surface area contributed by atoms with Gasteiger partial charge in [0.1, 0.15) is 0 Å². The molecule has 1 aliphatic heterocycles. The summed E-state index contributed by atoms with van der Waals surface area (Å²) in [5.41, 5.74) is 0. The molecule has 3 heteroatoms. The lowest BCUT2D eigenvalue weighted by molar-refractivity contribution is -0.134. The number of carboxylic acid groups (broad SMARTS) is 1. The van der Waals surface area contributed by atoms with E-state index in [1.54, 1.807) is 0 Å². The Bertz CT molecular complexity index is 116. The molecule has 12 heavy (non-hydrogen) atoms. The summed E-state index contributed by atoms with van der Waals surface area (Å²) in [4.78, 5) is 9.00. The Balaban J connectivity index is 0.000000261. The van der Waals surface area contributed by atoms with E-state index in [2.05, 4.69) is 12.2 Å². The summed E-state index contributed by atoms with van der Waals surface area (Å²) in [6, 6.07) is 0.837. The van der Waals surface area contributed by atoms with Crippen molar-refractivity contribution in [1.29, 1.82) is 0 Å². The Morgan fingerprint density at radius 2 is 2.17 bits per heavy atom. The van der Waals surface area contributed by atoms with E-state index in [1.165, 1.54) is 32.2 Å². The number of nitrogens with one attached hydrogen (secondary N) is 1. The lowest BCUT2D eigenvalue weighted by atomic mass is 10.0. The maximum Gasteiger partial charge on any atom is 0.300 e. The molecule has 0 aliphatic carbocycles. The van der Waals surface area contributed by atoms with E-state index in [1.807, 2.05) is 0 Å². The zero-order chi connectivity index (χ0) is 9.40. The van der Waals surface area contributed by atoms with Gasteiger partial charge in [-0.05, 0) is 25.8 Å². The maximum atomic E-state index is 9.00.